The zero-order chi connectivity index (χ0) is 17.0. The number of amides is 1. The van der Waals surface area contributed by atoms with Gasteiger partial charge in [0.05, 0.1) is 4.88 Å². The summed E-state index contributed by atoms with van der Waals surface area (Å²) in [5.74, 6) is 1.88. The number of nitrogens with one attached hydrogen (secondary N) is 1. The summed E-state index contributed by atoms with van der Waals surface area (Å²) in [6.07, 6.45) is 7.29. The molecule has 6 rings (SSSR count). The standard InChI is InChI=1S/C18H21N3O3S/c22-15(10-21-17(23)24-16(20-21)14-2-1-3-25-14)19-18-7-11-4-12(8-18)6-13(5-11)9-18/h1-3,11-13H,4-10H2,(H,19,22). The molecule has 2 aromatic rings. The first-order chi connectivity index (χ1) is 12.1. The summed E-state index contributed by atoms with van der Waals surface area (Å²) in [6.45, 7) is -0.0739. The zero-order valence-corrected chi connectivity index (χ0v) is 14.8. The predicted octanol–water partition coefficient (Wildman–Crippen LogP) is 2.65. The van der Waals surface area contributed by atoms with Crippen molar-refractivity contribution >= 4 is 17.2 Å². The van der Waals surface area contributed by atoms with Crippen molar-refractivity contribution in [3.63, 3.8) is 0 Å². The van der Waals surface area contributed by atoms with Crippen LogP contribution in [0.25, 0.3) is 10.8 Å². The van der Waals surface area contributed by atoms with Gasteiger partial charge in [0, 0.05) is 5.54 Å². The maximum absolute atomic E-state index is 12.6. The summed E-state index contributed by atoms with van der Waals surface area (Å²) in [5, 5.41) is 9.34. The van der Waals surface area contributed by atoms with Crippen LogP contribution in [0.4, 0.5) is 0 Å². The lowest BCUT2D eigenvalue weighted by Crippen LogP contribution is -2.60. The molecule has 0 aromatic carbocycles. The van der Waals surface area contributed by atoms with E-state index in [0.717, 1.165) is 46.6 Å². The second kappa shape index (κ2) is 5.56. The third kappa shape index (κ3) is 2.74. The molecule has 132 valence electrons. The van der Waals surface area contributed by atoms with Crippen molar-refractivity contribution in [3.05, 3.63) is 28.1 Å². The number of carbonyl (C=O) groups is 1. The SMILES string of the molecule is O=C(Cn1nc(-c2cccs2)oc1=O)NC12CC3CC(CC(C3)C1)C2. The summed E-state index contributed by atoms with van der Waals surface area (Å²) in [6, 6.07) is 3.72. The number of rotatable bonds is 4. The third-order valence-electron chi connectivity index (χ3n) is 6.07. The van der Waals surface area contributed by atoms with Gasteiger partial charge in [0.25, 0.3) is 5.89 Å². The minimum atomic E-state index is -0.580. The molecular formula is C18H21N3O3S. The van der Waals surface area contributed by atoms with E-state index < -0.39 is 5.76 Å². The minimum absolute atomic E-state index is 0.0459. The van der Waals surface area contributed by atoms with Gasteiger partial charge >= 0.3 is 5.76 Å². The molecule has 4 saturated carbocycles. The highest BCUT2D eigenvalue weighted by molar-refractivity contribution is 7.13. The number of hydrogen-bond donors (Lipinski definition) is 1. The van der Waals surface area contributed by atoms with E-state index in [4.69, 9.17) is 4.42 Å². The Morgan fingerprint density at radius 3 is 2.56 bits per heavy atom. The molecule has 0 saturated heterocycles. The topological polar surface area (TPSA) is 77.1 Å². The zero-order valence-electron chi connectivity index (χ0n) is 13.9. The summed E-state index contributed by atoms with van der Waals surface area (Å²) >= 11 is 1.45. The van der Waals surface area contributed by atoms with Gasteiger partial charge in [-0.15, -0.1) is 16.4 Å². The fourth-order valence-electron chi connectivity index (χ4n) is 5.64. The Morgan fingerprint density at radius 1 is 1.28 bits per heavy atom. The molecule has 4 aliphatic rings. The van der Waals surface area contributed by atoms with Gasteiger partial charge in [-0.3, -0.25) is 4.79 Å². The highest BCUT2D eigenvalue weighted by Crippen LogP contribution is 2.55. The van der Waals surface area contributed by atoms with Gasteiger partial charge in [0.1, 0.15) is 6.54 Å². The lowest BCUT2D eigenvalue weighted by atomic mass is 9.53. The molecule has 4 fully saturated rings. The average molecular weight is 359 g/mol. The van der Waals surface area contributed by atoms with Crippen molar-refractivity contribution in [2.45, 2.75) is 50.6 Å². The van der Waals surface area contributed by atoms with Crippen LogP contribution in [0.1, 0.15) is 38.5 Å². The van der Waals surface area contributed by atoms with Crippen LogP contribution < -0.4 is 11.1 Å². The first kappa shape index (κ1) is 15.4. The van der Waals surface area contributed by atoms with Crippen LogP contribution in [0.15, 0.2) is 26.7 Å². The molecule has 0 atom stereocenters. The monoisotopic (exact) mass is 359 g/mol. The second-order valence-corrected chi connectivity index (χ2v) is 9.00. The summed E-state index contributed by atoms with van der Waals surface area (Å²) in [5.41, 5.74) is -0.0459. The molecule has 1 N–H and O–H groups in total. The molecule has 2 aromatic heterocycles. The van der Waals surface area contributed by atoms with Gasteiger partial charge in [0.2, 0.25) is 5.91 Å². The van der Waals surface area contributed by atoms with E-state index in [9.17, 15) is 9.59 Å². The maximum atomic E-state index is 12.6. The fourth-order valence-corrected chi connectivity index (χ4v) is 6.29. The highest BCUT2D eigenvalue weighted by Gasteiger charge is 2.51. The van der Waals surface area contributed by atoms with Crippen molar-refractivity contribution in [1.82, 2.24) is 15.1 Å². The Bertz CT molecular complexity index is 816. The van der Waals surface area contributed by atoms with Gasteiger partial charge in [-0.1, -0.05) is 6.07 Å². The van der Waals surface area contributed by atoms with Gasteiger partial charge in [0.15, 0.2) is 0 Å². The largest absolute Gasteiger partial charge is 0.437 e. The Hall–Kier alpha value is -1.89. The third-order valence-corrected chi connectivity index (χ3v) is 6.93. The van der Waals surface area contributed by atoms with Gasteiger partial charge in [-0.25, -0.2) is 4.79 Å². The molecule has 0 spiro atoms. The van der Waals surface area contributed by atoms with Crippen molar-refractivity contribution in [1.29, 1.82) is 0 Å². The second-order valence-electron chi connectivity index (χ2n) is 8.05. The Balaban J connectivity index is 1.31. The molecule has 4 bridgehead atoms. The molecule has 0 radical (unpaired) electrons. The first-order valence-corrected chi connectivity index (χ1v) is 9.89. The lowest BCUT2D eigenvalue weighted by molar-refractivity contribution is -0.127. The Kier molecular flexibility index (Phi) is 3.42. The number of aromatic nitrogens is 2. The van der Waals surface area contributed by atoms with E-state index in [-0.39, 0.29) is 23.9 Å². The predicted molar refractivity (Wildman–Crippen MR) is 93.1 cm³/mol. The number of hydrogen-bond acceptors (Lipinski definition) is 5. The van der Waals surface area contributed by atoms with Crippen LogP contribution >= 0.6 is 11.3 Å². The number of carbonyl (C=O) groups excluding carboxylic acids is 1. The summed E-state index contributed by atoms with van der Waals surface area (Å²) in [7, 11) is 0. The molecule has 4 aliphatic carbocycles. The van der Waals surface area contributed by atoms with Crippen molar-refractivity contribution in [3.8, 4) is 10.8 Å². The van der Waals surface area contributed by atoms with Crippen LogP contribution in [-0.4, -0.2) is 21.2 Å². The van der Waals surface area contributed by atoms with Crippen LogP contribution in [0, 0.1) is 17.8 Å². The van der Waals surface area contributed by atoms with Crippen molar-refractivity contribution < 1.29 is 9.21 Å². The fraction of sp³-hybridized carbons (Fsp3) is 0.611. The molecule has 2 heterocycles. The molecule has 0 unspecified atom stereocenters. The number of nitrogens with zero attached hydrogens (tertiary/aromatic N) is 2. The Labute approximate surface area is 149 Å². The summed E-state index contributed by atoms with van der Waals surface area (Å²) < 4.78 is 6.31. The lowest BCUT2D eigenvalue weighted by Gasteiger charge is -2.56. The van der Waals surface area contributed by atoms with Crippen molar-refractivity contribution in [2.75, 3.05) is 0 Å². The molecule has 25 heavy (non-hydrogen) atoms. The van der Waals surface area contributed by atoms with Crippen LogP contribution in [0.5, 0.6) is 0 Å². The van der Waals surface area contributed by atoms with Gasteiger partial charge in [-0.05, 0) is 67.7 Å². The van der Waals surface area contributed by atoms with E-state index in [1.54, 1.807) is 0 Å². The van der Waals surface area contributed by atoms with E-state index in [2.05, 4.69) is 10.4 Å². The van der Waals surface area contributed by atoms with Crippen molar-refractivity contribution in [2.24, 2.45) is 17.8 Å². The van der Waals surface area contributed by atoms with E-state index in [0.29, 0.717) is 0 Å². The van der Waals surface area contributed by atoms with Crippen LogP contribution in [-0.2, 0) is 11.3 Å². The maximum Gasteiger partial charge on any atom is 0.437 e. The number of thiophene rings is 1. The molecule has 7 heteroatoms. The van der Waals surface area contributed by atoms with Gasteiger partial charge in [-0.2, -0.15) is 4.68 Å². The highest BCUT2D eigenvalue weighted by atomic mass is 32.1. The van der Waals surface area contributed by atoms with E-state index >= 15 is 0 Å². The Morgan fingerprint density at radius 2 is 1.96 bits per heavy atom. The normalized spacial score (nSPS) is 32.9. The summed E-state index contributed by atoms with van der Waals surface area (Å²) in [4.78, 5) is 25.4. The minimum Gasteiger partial charge on any atom is -0.387 e. The van der Waals surface area contributed by atoms with Crippen LogP contribution in [0.2, 0.25) is 0 Å². The van der Waals surface area contributed by atoms with E-state index in [1.165, 1.54) is 30.6 Å². The quantitative estimate of drug-likeness (QED) is 0.910. The van der Waals surface area contributed by atoms with Crippen LogP contribution in [0.3, 0.4) is 0 Å². The molecule has 1 amide bonds. The molecule has 0 aliphatic heterocycles. The smallest absolute Gasteiger partial charge is 0.387 e. The molecular weight excluding hydrogens is 338 g/mol. The average Bonchev–Trinajstić information content (AvgIpc) is 3.15. The van der Waals surface area contributed by atoms with Gasteiger partial charge < -0.3 is 9.73 Å². The first-order valence-electron chi connectivity index (χ1n) is 9.01. The van der Waals surface area contributed by atoms with E-state index in [1.807, 2.05) is 17.5 Å². The molecule has 6 nitrogen and oxygen atoms in total.